The Bertz CT molecular complexity index is 3190. The van der Waals surface area contributed by atoms with Gasteiger partial charge in [0.25, 0.3) is 0 Å². The Morgan fingerprint density at radius 2 is 1.02 bits per heavy atom. The molecule has 1 aliphatic rings. The zero-order valence-corrected chi connectivity index (χ0v) is 36.0. The van der Waals surface area contributed by atoms with Gasteiger partial charge >= 0.3 is 0 Å². The maximum Gasteiger partial charge on any atom is 0.188 e. The normalized spacial score (nSPS) is 13.8. The Hall–Kier alpha value is -6.62. The summed E-state index contributed by atoms with van der Waals surface area (Å²) in [7, 11) is -2.81. The van der Waals surface area contributed by atoms with Crippen molar-refractivity contribution in [3.05, 3.63) is 187 Å². The maximum atomic E-state index is 7.09. The largest absolute Gasteiger partial charge is 0.457 e. The van der Waals surface area contributed by atoms with Crippen LogP contribution < -0.4 is 25.5 Å². The number of nitrogens with zero attached hydrogens (tertiary/aromatic N) is 1. The van der Waals surface area contributed by atoms with E-state index in [1.165, 1.54) is 53.7 Å². The highest BCUT2D eigenvalue weighted by molar-refractivity contribution is 7.20. The smallest absolute Gasteiger partial charge is 0.188 e. The van der Waals surface area contributed by atoms with E-state index >= 15 is 0 Å². The molecule has 0 aliphatic carbocycles. The molecule has 0 N–H and O–H groups in total. The fourth-order valence-corrected chi connectivity index (χ4v) is 14.8. The Labute approximate surface area is 352 Å². The van der Waals surface area contributed by atoms with Crippen molar-refractivity contribution in [3.63, 3.8) is 0 Å². The van der Waals surface area contributed by atoms with Gasteiger partial charge in [0.05, 0.1) is 11.0 Å². The van der Waals surface area contributed by atoms with Gasteiger partial charge < -0.3 is 13.7 Å². The van der Waals surface area contributed by atoms with Crippen molar-refractivity contribution in [2.75, 3.05) is 0 Å². The number of para-hydroxylation sites is 3. The summed E-state index contributed by atoms with van der Waals surface area (Å²) in [5.74, 6) is 1.81. The highest BCUT2D eigenvalue weighted by Gasteiger charge is 2.48. The summed E-state index contributed by atoms with van der Waals surface area (Å²) in [6, 6.07) is 64.8. The molecule has 0 saturated carbocycles. The van der Waals surface area contributed by atoms with Crippen LogP contribution in [-0.4, -0.2) is 12.6 Å². The minimum atomic E-state index is -2.81. The van der Waals surface area contributed by atoms with Crippen LogP contribution in [0.1, 0.15) is 52.7 Å². The number of hydrogen-bond donors (Lipinski definition) is 0. The van der Waals surface area contributed by atoms with E-state index in [9.17, 15) is 0 Å². The summed E-state index contributed by atoms with van der Waals surface area (Å²) >= 11 is 0. The molecule has 0 spiro atoms. The van der Waals surface area contributed by atoms with Crippen LogP contribution in [0.5, 0.6) is 11.5 Å². The fourth-order valence-electron chi connectivity index (χ4n) is 9.81. The van der Waals surface area contributed by atoms with Gasteiger partial charge in [0, 0.05) is 38.4 Å². The second-order valence-electron chi connectivity index (χ2n) is 18.5. The number of ether oxygens (including phenoxy) is 1. The molecular weight excluding hydrogens is 747 g/mol. The average molecular weight is 794 g/mol. The predicted octanol–water partition coefficient (Wildman–Crippen LogP) is 12.4. The number of fused-ring (bicyclic) bond motifs is 8. The first kappa shape index (κ1) is 36.5. The molecule has 3 heterocycles. The molecule has 4 heteroatoms. The zero-order chi connectivity index (χ0) is 41.0. The lowest BCUT2D eigenvalue weighted by atomic mass is 9.86. The van der Waals surface area contributed by atoms with Crippen molar-refractivity contribution in [1.82, 2.24) is 4.57 Å². The van der Waals surface area contributed by atoms with E-state index in [1.54, 1.807) is 0 Å². The van der Waals surface area contributed by atoms with E-state index < -0.39 is 8.07 Å². The lowest BCUT2D eigenvalue weighted by Crippen LogP contribution is -2.76. The monoisotopic (exact) mass is 793 g/mol. The zero-order valence-electron chi connectivity index (χ0n) is 35.0. The molecule has 3 nitrogen and oxygen atoms in total. The van der Waals surface area contributed by atoms with Crippen molar-refractivity contribution < 1.29 is 9.15 Å². The van der Waals surface area contributed by atoms with Crippen LogP contribution in [0.3, 0.4) is 0 Å². The van der Waals surface area contributed by atoms with Crippen molar-refractivity contribution in [2.24, 2.45) is 0 Å². The molecule has 0 saturated heterocycles. The van der Waals surface area contributed by atoms with Gasteiger partial charge in [-0.05, 0) is 79.1 Å². The first-order valence-electron chi connectivity index (χ1n) is 21.1. The van der Waals surface area contributed by atoms with Crippen molar-refractivity contribution >= 4 is 72.6 Å². The Morgan fingerprint density at radius 3 is 1.65 bits per heavy atom. The van der Waals surface area contributed by atoms with Gasteiger partial charge in [-0.1, -0.05) is 181 Å². The van der Waals surface area contributed by atoms with E-state index in [1.807, 2.05) is 0 Å². The van der Waals surface area contributed by atoms with Gasteiger partial charge in [-0.15, -0.1) is 0 Å². The Balaban J connectivity index is 1.15. The Kier molecular flexibility index (Phi) is 8.01. The number of benzene rings is 8. The predicted molar refractivity (Wildman–Crippen MR) is 255 cm³/mol. The van der Waals surface area contributed by atoms with Crippen molar-refractivity contribution in [3.8, 4) is 28.3 Å². The SMILES string of the molecule is CC(C)(C)c1ccc2c3ccc(C(C)(C)C)cc3n(-c3ccc4oc5c(-c6cccc7c6Oc6ccccc6[Si]7(c6ccccc6)c6ccccc6)cccc5c4c3)c2c1. The third-order valence-corrected chi connectivity index (χ3v) is 17.7. The first-order valence-corrected chi connectivity index (χ1v) is 23.1. The molecule has 0 unspecified atom stereocenters. The number of furan rings is 1. The average Bonchev–Trinajstić information content (AvgIpc) is 3.80. The van der Waals surface area contributed by atoms with Gasteiger partial charge in [-0.2, -0.15) is 0 Å². The van der Waals surface area contributed by atoms with Crippen LogP contribution in [0.4, 0.5) is 0 Å². The highest BCUT2D eigenvalue weighted by atomic mass is 28.3. The lowest BCUT2D eigenvalue weighted by molar-refractivity contribution is 0.489. The minimum Gasteiger partial charge on any atom is -0.457 e. The molecule has 2 aromatic heterocycles. The molecule has 11 rings (SSSR count). The van der Waals surface area contributed by atoms with Crippen LogP contribution in [0.2, 0.25) is 0 Å². The molecule has 0 amide bonds. The van der Waals surface area contributed by atoms with Crippen molar-refractivity contribution in [1.29, 1.82) is 0 Å². The summed E-state index contributed by atoms with van der Waals surface area (Å²) in [4.78, 5) is 0. The maximum absolute atomic E-state index is 7.09. The van der Waals surface area contributed by atoms with E-state index in [4.69, 9.17) is 9.15 Å². The second kappa shape index (κ2) is 13.2. The summed E-state index contributed by atoms with van der Waals surface area (Å²) in [6.07, 6.45) is 0. The van der Waals surface area contributed by atoms with Gasteiger partial charge in [-0.25, -0.2) is 0 Å². The molecular formula is C56H47NO2Si. The molecule has 10 aromatic rings. The highest BCUT2D eigenvalue weighted by Crippen LogP contribution is 2.44. The van der Waals surface area contributed by atoms with Crippen LogP contribution in [0.15, 0.2) is 180 Å². The standard InChI is InChI=1S/C56H47NO2Si/c1-55(2,3)36-27-30-41-42-31-28-37(56(4,5)6)34-48(42)57(47(41)33-36)38-29-32-49-46(35-38)45-22-15-21-43(53(45)58-49)44-23-16-26-52-54(44)59-50-24-13-14-25-51(50)60(52,39-17-9-7-10-18-39)40-19-11-8-12-20-40/h7-35H,1-6H3. The molecule has 8 aromatic carbocycles. The molecule has 0 bridgehead atoms. The minimum absolute atomic E-state index is 0.0138. The van der Waals surface area contributed by atoms with Gasteiger partial charge in [0.2, 0.25) is 0 Å². The summed E-state index contributed by atoms with van der Waals surface area (Å²) in [5.41, 5.74) is 9.99. The second-order valence-corrected chi connectivity index (χ2v) is 22.3. The molecule has 292 valence electrons. The van der Waals surface area contributed by atoms with Crippen molar-refractivity contribution in [2.45, 2.75) is 52.4 Å². The topological polar surface area (TPSA) is 27.3 Å². The molecule has 60 heavy (non-hydrogen) atoms. The van der Waals surface area contributed by atoms with Gasteiger partial charge in [-0.3, -0.25) is 0 Å². The number of hydrogen-bond acceptors (Lipinski definition) is 2. The fraction of sp³-hybridized carbons (Fsp3) is 0.143. The third-order valence-electron chi connectivity index (χ3n) is 12.9. The van der Waals surface area contributed by atoms with Gasteiger partial charge in [0.1, 0.15) is 22.7 Å². The molecule has 0 radical (unpaired) electrons. The van der Waals surface area contributed by atoms with Crippen LogP contribution >= 0.6 is 0 Å². The van der Waals surface area contributed by atoms with E-state index in [-0.39, 0.29) is 10.8 Å². The summed E-state index contributed by atoms with van der Waals surface area (Å²) in [5, 5.41) is 9.85. The number of rotatable bonds is 4. The van der Waals surface area contributed by atoms with Gasteiger partial charge in [0.15, 0.2) is 8.07 Å². The Morgan fingerprint density at radius 1 is 0.450 bits per heavy atom. The lowest BCUT2D eigenvalue weighted by Gasteiger charge is -2.40. The van der Waals surface area contributed by atoms with E-state index in [0.717, 1.165) is 50.3 Å². The third kappa shape index (κ3) is 5.40. The van der Waals surface area contributed by atoms with E-state index in [2.05, 4.69) is 222 Å². The molecule has 0 fully saturated rings. The first-order chi connectivity index (χ1) is 29.0. The number of aromatic nitrogens is 1. The quantitative estimate of drug-likeness (QED) is 0.166. The van der Waals surface area contributed by atoms with Crippen LogP contribution in [0.25, 0.3) is 60.6 Å². The van der Waals surface area contributed by atoms with Crippen LogP contribution in [-0.2, 0) is 10.8 Å². The molecule has 0 atom stereocenters. The van der Waals surface area contributed by atoms with Crippen LogP contribution in [0, 0.1) is 0 Å². The summed E-state index contributed by atoms with van der Waals surface area (Å²) in [6.45, 7) is 13.7. The van der Waals surface area contributed by atoms with E-state index in [0.29, 0.717) is 0 Å². The molecule has 1 aliphatic heterocycles. The summed E-state index contributed by atoms with van der Waals surface area (Å²) < 4.78 is 16.5.